The summed E-state index contributed by atoms with van der Waals surface area (Å²) in [6.07, 6.45) is 0.889. The Morgan fingerprint density at radius 3 is 2.55 bits per heavy atom. The summed E-state index contributed by atoms with van der Waals surface area (Å²) in [6, 6.07) is 15.5. The van der Waals surface area contributed by atoms with Crippen LogP contribution in [0, 0.1) is 0 Å². The van der Waals surface area contributed by atoms with Crippen molar-refractivity contribution in [3.63, 3.8) is 0 Å². The molecule has 0 radical (unpaired) electrons. The number of hydrogen-bond acceptors (Lipinski definition) is 2. The molecule has 2 N–H and O–H groups in total. The number of carbonyl (C=O) groups excluding carboxylic acids is 1. The van der Waals surface area contributed by atoms with E-state index < -0.39 is 0 Å². The molecule has 1 amide bonds. The Kier molecular flexibility index (Phi) is 5.99. The summed E-state index contributed by atoms with van der Waals surface area (Å²) < 4.78 is 0. The summed E-state index contributed by atoms with van der Waals surface area (Å²) in [7, 11) is 0. The van der Waals surface area contributed by atoms with E-state index in [4.69, 9.17) is 11.6 Å². The summed E-state index contributed by atoms with van der Waals surface area (Å²) in [5, 5.41) is 6.86. The molecule has 0 spiro atoms. The second-order valence-corrected chi connectivity index (χ2v) is 5.59. The number of hydrogen-bond donors (Lipinski definition) is 2. The molecule has 0 unspecified atom stereocenters. The highest BCUT2D eigenvalue weighted by atomic mass is 35.5. The summed E-state index contributed by atoms with van der Waals surface area (Å²) in [5.41, 5.74) is 3.00. The molecule has 22 heavy (non-hydrogen) atoms. The van der Waals surface area contributed by atoms with Gasteiger partial charge in [0.2, 0.25) is 5.91 Å². The summed E-state index contributed by atoms with van der Waals surface area (Å²) in [4.78, 5) is 12.1. The first kappa shape index (κ1) is 16.5. The van der Waals surface area contributed by atoms with Crippen molar-refractivity contribution in [1.82, 2.24) is 5.32 Å². The van der Waals surface area contributed by atoms with Crippen molar-refractivity contribution in [2.45, 2.75) is 26.3 Å². The number of nitrogens with one attached hydrogen (secondary N) is 2. The Morgan fingerprint density at radius 2 is 1.82 bits per heavy atom. The van der Waals surface area contributed by atoms with Crippen LogP contribution in [0.1, 0.15) is 31.0 Å². The third kappa shape index (κ3) is 4.33. The van der Waals surface area contributed by atoms with E-state index in [1.54, 1.807) is 0 Å². The highest BCUT2D eigenvalue weighted by Gasteiger charge is 2.11. The number of amides is 1. The molecule has 2 aromatic rings. The van der Waals surface area contributed by atoms with Crippen LogP contribution in [-0.2, 0) is 11.2 Å². The molecule has 0 fully saturated rings. The molecule has 2 rings (SSSR count). The zero-order chi connectivity index (χ0) is 15.9. The standard InChI is InChI=1S/C18H21ClN2O/c1-3-14-8-4-7-11-17(14)21-18(22)12-20-13(2)15-9-5-6-10-16(15)19/h4-11,13,20H,3,12H2,1-2H3,(H,21,22)/t13-/m0/s1. The van der Waals surface area contributed by atoms with Crippen molar-refractivity contribution >= 4 is 23.2 Å². The van der Waals surface area contributed by atoms with E-state index in [-0.39, 0.29) is 18.5 Å². The third-order valence-electron chi connectivity index (χ3n) is 3.61. The average molecular weight is 317 g/mol. The molecule has 4 heteroatoms. The molecule has 116 valence electrons. The van der Waals surface area contributed by atoms with Gasteiger partial charge in [-0.15, -0.1) is 0 Å². The van der Waals surface area contributed by atoms with Crippen LogP contribution in [0.5, 0.6) is 0 Å². The van der Waals surface area contributed by atoms with Crippen molar-refractivity contribution in [2.24, 2.45) is 0 Å². The lowest BCUT2D eigenvalue weighted by molar-refractivity contribution is -0.115. The second kappa shape index (κ2) is 7.97. The van der Waals surface area contributed by atoms with E-state index in [2.05, 4.69) is 17.6 Å². The fourth-order valence-corrected chi connectivity index (χ4v) is 2.63. The van der Waals surface area contributed by atoms with Crippen LogP contribution in [0.2, 0.25) is 5.02 Å². The number of anilines is 1. The topological polar surface area (TPSA) is 41.1 Å². The average Bonchev–Trinajstić information content (AvgIpc) is 2.53. The quantitative estimate of drug-likeness (QED) is 0.839. The SMILES string of the molecule is CCc1ccccc1NC(=O)CN[C@@H](C)c1ccccc1Cl. The summed E-state index contributed by atoms with van der Waals surface area (Å²) >= 11 is 6.16. The van der Waals surface area contributed by atoms with Crippen molar-refractivity contribution in [3.8, 4) is 0 Å². The zero-order valence-electron chi connectivity index (χ0n) is 12.9. The van der Waals surface area contributed by atoms with Crippen LogP contribution in [0.3, 0.4) is 0 Å². The van der Waals surface area contributed by atoms with Crippen LogP contribution in [-0.4, -0.2) is 12.5 Å². The molecule has 3 nitrogen and oxygen atoms in total. The number of aryl methyl sites for hydroxylation is 1. The molecule has 2 aromatic carbocycles. The maximum absolute atomic E-state index is 12.1. The fraction of sp³-hybridized carbons (Fsp3) is 0.278. The van der Waals surface area contributed by atoms with E-state index in [1.807, 2.05) is 55.5 Å². The fourth-order valence-electron chi connectivity index (χ4n) is 2.33. The molecule has 0 heterocycles. The van der Waals surface area contributed by atoms with Crippen molar-refractivity contribution in [2.75, 3.05) is 11.9 Å². The lowest BCUT2D eigenvalue weighted by Crippen LogP contribution is -2.30. The van der Waals surface area contributed by atoms with E-state index in [0.29, 0.717) is 5.02 Å². The van der Waals surface area contributed by atoms with Gasteiger partial charge in [-0.2, -0.15) is 0 Å². The van der Waals surface area contributed by atoms with Crippen LogP contribution < -0.4 is 10.6 Å². The highest BCUT2D eigenvalue weighted by molar-refractivity contribution is 6.31. The van der Waals surface area contributed by atoms with Crippen molar-refractivity contribution in [3.05, 3.63) is 64.7 Å². The maximum Gasteiger partial charge on any atom is 0.238 e. The van der Waals surface area contributed by atoms with E-state index in [0.717, 1.165) is 23.2 Å². The maximum atomic E-state index is 12.1. The minimum atomic E-state index is -0.0557. The van der Waals surface area contributed by atoms with Gasteiger partial charge in [0.15, 0.2) is 0 Å². The lowest BCUT2D eigenvalue weighted by Gasteiger charge is -2.16. The van der Waals surface area contributed by atoms with Gasteiger partial charge in [0, 0.05) is 16.8 Å². The van der Waals surface area contributed by atoms with Gasteiger partial charge >= 0.3 is 0 Å². The van der Waals surface area contributed by atoms with Crippen LogP contribution >= 0.6 is 11.6 Å². The number of benzene rings is 2. The third-order valence-corrected chi connectivity index (χ3v) is 3.96. The number of carbonyl (C=O) groups is 1. The Balaban J connectivity index is 1.92. The second-order valence-electron chi connectivity index (χ2n) is 5.18. The Bertz CT molecular complexity index is 642. The molecule has 0 saturated carbocycles. The first-order valence-electron chi connectivity index (χ1n) is 7.47. The lowest BCUT2D eigenvalue weighted by atomic mass is 10.1. The molecule has 0 aliphatic carbocycles. The molecule has 0 aromatic heterocycles. The van der Waals surface area contributed by atoms with Crippen LogP contribution in [0.4, 0.5) is 5.69 Å². The van der Waals surface area contributed by atoms with Crippen LogP contribution in [0.25, 0.3) is 0 Å². The van der Waals surface area contributed by atoms with Crippen molar-refractivity contribution < 1.29 is 4.79 Å². The first-order valence-corrected chi connectivity index (χ1v) is 7.85. The predicted octanol–water partition coefficient (Wildman–Crippen LogP) is 4.19. The smallest absolute Gasteiger partial charge is 0.238 e. The van der Waals surface area contributed by atoms with E-state index in [1.165, 1.54) is 0 Å². The number of halogens is 1. The van der Waals surface area contributed by atoms with Gasteiger partial charge in [0.1, 0.15) is 0 Å². The molecule has 0 aliphatic heterocycles. The molecule has 0 aliphatic rings. The number of para-hydroxylation sites is 1. The largest absolute Gasteiger partial charge is 0.325 e. The van der Waals surface area contributed by atoms with Gasteiger partial charge in [-0.05, 0) is 36.6 Å². The van der Waals surface area contributed by atoms with Gasteiger partial charge in [0.05, 0.1) is 6.54 Å². The minimum Gasteiger partial charge on any atom is -0.325 e. The first-order chi connectivity index (χ1) is 10.6. The molecular weight excluding hydrogens is 296 g/mol. The number of rotatable bonds is 6. The Labute approximate surface area is 136 Å². The van der Waals surface area contributed by atoms with Gasteiger partial charge in [-0.3, -0.25) is 4.79 Å². The molecule has 0 saturated heterocycles. The van der Waals surface area contributed by atoms with E-state index in [9.17, 15) is 4.79 Å². The summed E-state index contributed by atoms with van der Waals surface area (Å²) in [6.45, 7) is 4.31. The highest BCUT2D eigenvalue weighted by Crippen LogP contribution is 2.22. The Morgan fingerprint density at radius 1 is 1.14 bits per heavy atom. The van der Waals surface area contributed by atoms with Crippen molar-refractivity contribution in [1.29, 1.82) is 0 Å². The minimum absolute atomic E-state index is 0.0147. The van der Waals surface area contributed by atoms with Gasteiger partial charge < -0.3 is 10.6 Å². The van der Waals surface area contributed by atoms with Crippen LogP contribution in [0.15, 0.2) is 48.5 Å². The Hall–Kier alpha value is -1.84. The normalized spacial score (nSPS) is 12.0. The predicted molar refractivity (Wildman–Crippen MR) is 92.3 cm³/mol. The van der Waals surface area contributed by atoms with E-state index >= 15 is 0 Å². The monoisotopic (exact) mass is 316 g/mol. The van der Waals surface area contributed by atoms with Gasteiger partial charge in [-0.1, -0.05) is 54.9 Å². The molecule has 1 atom stereocenters. The molecule has 0 bridgehead atoms. The zero-order valence-corrected chi connectivity index (χ0v) is 13.7. The summed E-state index contributed by atoms with van der Waals surface area (Å²) in [5.74, 6) is -0.0557. The molecular formula is C18H21ClN2O. The van der Waals surface area contributed by atoms with Gasteiger partial charge in [0.25, 0.3) is 0 Å². The van der Waals surface area contributed by atoms with Gasteiger partial charge in [-0.25, -0.2) is 0 Å².